The largest absolute Gasteiger partial charge is 0.478 e. The Hall–Kier alpha value is -1.61. The lowest BCUT2D eigenvalue weighted by Crippen LogP contribution is -2.16. The Labute approximate surface area is 130 Å². The molecule has 1 aliphatic carbocycles. The zero-order valence-electron chi connectivity index (χ0n) is 10.5. The summed E-state index contributed by atoms with van der Waals surface area (Å²) in [7, 11) is 0. The number of carboxylic acids is 1. The normalized spacial score (nSPS) is 14.4. The van der Waals surface area contributed by atoms with Crippen LogP contribution in [0.25, 0.3) is 0 Å². The van der Waals surface area contributed by atoms with E-state index in [1.165, 1.54) is 16.7 Å². The average Bonchev–Trinajstić information content (AvgIpc) is 3.20. The van der Waals surface area contributed by atoms with Crippen LogP contribution in [0.5, 0.6) is 0 Å². The number of nitrogens with one attached hydrogen (secondary N) is 1. The fourth-order valence-corrected chi connectivity index (χ4v) is 3.48. The van der Waals surface area contributed by atoms with Crippen molar-refractivity contribution in [1.82, 2.24) is 14.8 Å². The number of nitrogens with zero attached hydrogens (tertiary/aromatic N) is 2. The molecule has 1 aromatic carbocycles. The van der Waals surface area contributed by atoms with Crippen LogP contribution in [0.3, 0.4) is 0 Å². The van der Waals surface area contributed by atoms with Crippen molar-refractivity contribution < 1.29 is 14.3 Å². The van der Waals surface area contributed by atoms with E-state index in [9.17, 15) is 14.0 Å². The molecule has 6 nitrogen and oxygen atoms in total. The van der Waals surface area contributed by atoms with Gasteiger partial charge in [0.2, 0.25) is 0 Å². The number of carboxylic acid groups (broad SMARTS) is 1. The summed E-state index contributed by atoms with van der Waals surface area (Å²) in [6, 6.07) is 2.79. The SMILES string of the molecule is O=C(O)c1ccc(Sc2n[nH]c(=O)n2C2CC2)c(F)c1Br. The summed E-state index contributed by atoms with van der Waals surface area (Å²) < 4.78 is 15.6. The molecule has 0 saturated heterocycles. The molecular weight excluding hydrogens is 365 g/mol. The molecule has 1 saturated carbocycles. The minimum Gasteiger partial charge on any atom is -0.478 e. The Kier molecular flexibility index (Phi) is 3.62. The van der Waals surface area contributed by atoms with Crippen LogP contribution in [0, 0.1) is 5.82 Å². The Balaban J connectivity index is 1.98. The van der Waals surface area contributed by atoms with Gasteiger partial charge in [0.25, 0.3) is 0 Å². The number of hydrogen-bond donors (Lipinski definition) is 2. The van der Waals surface area contributed by atoms with Crippen LogP contribution in [0.15, 0.2) is 31.5 Å². The molecule has 0 spiro atoms. The van der Waals surface area contributed by atoms with Crippen molar-refractivity contribution in [3.63, 3.8) is 0 Å². The van der Waals surface area contributed by atoms with Gasteiger partial charge in [0.1, 0.15) is 0 Å². The highest BCUT2D eigenvalue weighted by molar-refractivity contribution is 9.10. The van der Waals surface area contributed by atoms with Crippen molar-refractivity contribution in [2.24, 2.45) is 0 Å². The van der Waals surface area contributed by atoms with Crippen molar-refractivity contribution in [3.05, 3.63) is 38.5 Å². The molecule has 21 heavy (non-hydrogen) atoms. The van der Waals surface area contributed by atoms with Crippen LogP contribution in [0.4, 0.5) is 4.39 Å². The molecule has 9 heteroatoms. The van der Waals surface area contributed by atoms with Gasteiger partial charge in [0.15, 0.2) is 11.0 Å². The number of carbonyl (C=O) groups is 1. The molecule has 1 heterocycles. The molecular formula is C12H9BrFN3O3S. The van der Waals surface area contributed by atoms with Crippen LogP contribution >= 0.6 is 27.7 Å². The first-order valence-corrected chi connectivity index (χ1v) is 7.66. The highest BCUT2D eigenvalue weighted by atomic mass is 79.9. The fourth-order valence-electron chi connectivity index (χ4n) is 1.89. The van der Waals surface area contributed by atoms with Crippen LogP contribution in [0.2, 0.25) is 0 Å². The van der Waals surface area contributed by atoms with Crippen LogP contribution < -0.4 is 5.69 Å². The quantitative estimate of drug-likeness (QED) is 0.859. The number of halogens is 2. The Bertz CT molecular complexity index is 785. The summed E-state index contributed by atoms with van der Waals surface area (Å²) in [6.07, 6.45) is 1.80. The molecule has 1 aliphatic rings. The number of aromatic carboxylic acids is 1. The van der Waals surface area contributed by atoms with Crippen molar-refractivity contribution >= 4 is 33.7 Å². The number of benzene rings is 1. The molecule has 0 unspecified atom stereocenters. The Morgan fingerprint density at radius 3 is 2.86 bits per heavy atom. The topological polar surface area (TPSA) is 88.0 Å². The summed E-state index contributed by atoms with van der Waals surface area (Å²) >= 11 is 3.93. The highest BCUT2D eigenvalue weighted by Gasteiger charge is 2.29. The third-order valence-corrected chi connectivity index (χ3v) is 4.84. The van der Waals surface area contributed by atoms with Crippen LogP contribution in [0.1, 0.15) is 29.2 Å². The Morgan fingerprint density at radius 2 is 2.24 bits per heavy atom. The molecule has 0 aliphatic heterocycles. The van der Waals surface area contributed by atoms with Gasteiger partial charge in [-0.05, 0) is 52.7 Å². The van der Waals surface area contributed by atoms with Gasteiger partial charge in [-0.15, -0.1) is 5.10 Å². The van der Waals surface area contributed by atoms with Gasteiger partial charge in [-0.3, -0.25) is 4.57 Å². The molecule has 110 valence electrons. The van der Waals surface area contributed by atoms with Crippen LogP contribution in [-0.4, -0.2) is 25.8 Å². The molecule has 1 aromatic heterocycles. The monoisotopic (exact) mass is 373 g/mol. The minimum absolute atomic E-state index is 0.114. The molecule has 1 fully saturated rings. The first-order valence-electron chi connectivity index (χ1n) is 6.05. The van der Waals surface area contributed by atoms with Crippen LogP contribution in [-0.2, 0) is 0 Å². The summed E-state index contributed by atoms with van der Waals surface area (Å²) in [6.45, 7) is 0. The second-order valence-corrected chi connectivity index (χ2v) is 6.36. The van der Waals surface area contributed by atoms with E-state index in [1.54, 1.807) is 0 Å². The van der Waals surface area contributed by atoms with E-state index in [1.807, 2.05) is 0 Å². The first-order chi connectivity index (χ1) is 9.99. The van der Waals surface area contributed by atoms with E-state index in [0.717, 1.165) is 24.6 Å². The van der Waals surface area contributed by atoms with Crippen molar-refractivity contribution in [3.8, 4) is 0 Å². The van der Waals surface area contributed by atoms with E-state index in [-0.39, 0.29) is 26.7 Å². The molecule has 0 atom stereocenters. The Morgan fingerprint density at radius 1 is 1.52 bits per heavy atom. The minimum atomic E-state index is -1.22. The van der Waals surface area contributed by atoms with Crippen molar-refractivity contribution in [2.45, 2.75) is 28.9 Å². The highest BCUT2D eigenvalue weighted by Crippen LogP contribution is 2.39. The predicted molar refractivity (Wildman–Crippen MR) is 76.3 cm³/mol. The summed E-state index contributed by atoms with van der Waals surface area (Å²) in [5.74, 6) is -1.90. The second-order valence-electron chi connectivity index (χ2n) is 4.56. The average molecular weight is 374 g/mol. The number of hydrogen-bond acceptors (Lipinski definition) is 4. The van der Waals surface area contributed by atoms with E-state index >= 15 is 0 Å². The molecule has 0 radical (unpaired) electrons. The molecule has 3 rings (SSSR count). The summed E-state index contributed by atoms with van der Waals surface area (Å²) in [5, 5.41) is 15.5. The lowest BCUT2D eigenvalue weighted by atomic mass is 10.2. The van der Waals surface area contributed by atoms with Crippen molar-refractivity contribution in [2.75, 3.05) is 0 Å². The number of H-pyrrole nitrogens is 1. The second kappa shape index (κ2) is 5.30. The molecule has 2 N–H and O–H groups in total. The van der Waals surface area contributed by atoms with E-state index in [4.69, 9.17) is 5.11 Å². The number of aromatic nitrogens is 3. The van der Waals surface area contributed by atoms with Gasteiger partial charge < -0.3 is 5.11 Å². The van der Waals surface area contributed by atoms with Gasteiger partial charge in [0, 0.05) is 6.04 Å². The molecule has 0 amide bonds. The maximum atomic E-state index is 14.2. The molecule has 0 bridgehead atoms. The number of aromatic amines is 1. The summed E-state index contributed by atoms with van der Waals surface area (Å²) in [5.41, 5.74) is -0.472. The van der Waals surface area contributed by atoms with Gasteiger partial charge in [-0.1, -0.05) is 0 Å². The summed E-state index contributed by atoms with van der Waals surface area (Å²) in [4.78, 5) is 22.8. The lowest BCUT2D eigenvalue weighted by molar-refractivity contribution is 0.0695. The standard InChI is InChI=1S/C12H9BrFN3O3S/c13-8-6(10(18)19)3-4-7(9(8)14)21-12-16-15-11(20)17(12)5-1-2-5/h3-5H,1-2H2,(H,15,20)(H,18,19). The van der Waals surface area contributed by atoms with Gasteiger partial charge >= 0.3 is 11.7 Å². The lowest BCUT2D eigenvalue weighted by Gasteiger charge is -2.07. The van der Waals surface area contributed by atoms with E-state index in [2.05, 4.69) is 26.1 Å². The fraction of sp³-hybridized carbons (Fsp3) is 0.250. The van der Waals surface area contributed by atoms with Gasteiger partial charge in [-0.2, -0.15) is 0 Å². The molecule has 2 aromatic rings. The van der Waals surface area contributed by atoms with Gasteiger partial charge in [-0.25, -0.2) is 19.1 Å². The van der Waals surface area contributed by atoms with Crippen molar-refractivity contribution in [1.29, 1.82) is 0 Å². The third-order valence-electron chi connectivity index (χ3n) is 3.06. The zero-order valence-corrected chi connectivity index (χ0v) is 12.9. The maximum absolute atomic E-state index is 14.2. The van der Waals surface area contributed by atoms with E-state index < -0.39 is 11.8 Å². The van der Waals surface area contributed by atoms with E-state index in [0.29, 0.717) is 5.16 Å². The number of rotatable bonds is 4. The predicted octanol–water partition coefficient (Wildman–Crippen LogP) is 2.66. The first kappa shape index (κ1) is 14.3. The third kappa shape index (κ3) is 2.62. The zero-order chi connectivity index (χ0) is 15.1. The van der Waals surface area contributed by atoms with Gasteiger partial charge in [0.05, 0.1) is 14.9 Å². The smallest absolute Gasteiger partial charge is 0.344 e. The maximum Gasteiger partial charge on any atom is 0.344 e.